The van der Waals surface area contributed by atoms with Crippen molar-refractivity contribution in [2.75, 3.05) is 5.73 Å². The van der Waals surface area contributed by atoms with Crippen LogP contribution >= 0.6 is 0 Å². The topological polar surface area (TPSA) is 141 Å². The summed E-state index contributed by atoms with van der Waals surface area (Å²) in [6, 6.07) is 2.65. The van der Waals surface area contributed by atoms with Crippen LogP contribution in [0.3, 0.4) is 0 Å². The van der Waals surface area contributed by atoms with Crippen molar-refractivity contribution < 1.29 is 46.1 Å². The van der Waals surface area contributed by atoms with Gasteiger partial charge in [0.1, 0.15) is 0 Å². The smallest absolute Gasteiger partial charge is 0.425 e. The number of ether oxygens (including phenoxy) is 1. The maximum Gasteiger partial charge on any atom is 0.491 e. The molecule has 0 saturated heterocycles. The monoisotopic (exact) mass is 544 g/mol. The Morgan fingerprint density at radius 2 is 1.82 bits per heavy atom. The molecule has 3 aromatic heterocycles. The fourth-order valence-electron chi connectivity index (χ4n) is 3.74. The number of aliphatic hydroxyl groups is 2. The number of aliphatic hydroxyl groups excluding tert-OH is 1. The molecule has 4 aromatic rings. The van der Waals surface area contributed by atoms with E-state index in [9.17, 15) is 41.4 Å². The van der Waals surface area contributed by atoms with Gasteiger partial charge in [-0.15, -0.1) is 0 Å². The number of benzene rings is 1. The van der Waals surface area contributed by atoms with E-state index in [4.69, 9.17) is 5.73 Å². The Kier molecular flexibility index (Phi) is 6.35. The van der Waals surface area contributed by atoms with Gasteiger partial charge in [0.05, 0.1) is 23.8 Å². The number of hydrogen-bond acceptors (Lipinski definition) is 8. The molecule has 0 saturated carbocycles. The third kappa shape index (κ3) is 4.51. The summed E-state index contributed by atoms with van der Waals surface area (Å²) in [6.45, 7) is 1.51. The van der Waals surface area contributed by atoms with Crippen molar-refractivity contribution in [1.29, 1.82) is 0 Å². The summed E-state index contributed by atoms with van der Waals surface area (Å²) >= 11 is 0. The molecule has 0 bridgehead atoms. The minimum atomic E-state index is -5.77. The molecule has 10 nitrogen and oxygen atoms in total. The van der Waals surface area contributed by atoms with Gasteiger partial charge in [0.2, 0.25) is 11.9 Å². The van der Waals surface area contributed by atoms with Crippen molar-refractivity contribution in [1.82, 2.24) is 24.1 Å². The van der Waals surface area contributed by atoms with E-state index in [1.807, 2.05) is 0 Å². The number of aryl methyl sites for hydroxylation is 2. The summed E-state index contributed by atoms with van der Waals surface area (Å²) in [5, 5.41) is 24.4. The number of anilines is 1. The molecule has 1 aromatic carbocycles. The maximum absolute atomic E-state index is 14.0. The predicted molar refractivity (Wildman–Crippen MR) is 118 cm³/mol. The van der Waals surface area contributed by atoms with Crippen LogP contribution in [0.15, 0.2) is 43.0 Å². The second kappa shape index (κ2) is 8.98. The standard InChI is InChI=1S/C22H18F6N6O4/c1-10-3-4-12(20(37,22(26,27)28)18(35)38-19(36)21(23,24)25)5-13(10)15-7-30-17-16(29)32-14(9-34(15)17)11-6-31-33(2)8-11/h3-9,18,35,37H,1-2H3,(H2,29,32). The van der Waals surface area contributed by atoms with Crippen LogP contribution in [0.2, 0.25) is 0 Å². The number of nitrogens with zero attached hydrogens (tertiary/aromatic N) is 5. The van der Waals surface area contributed by atoms with Crippen LogP contribution in [0.4, 0.5) is 32.2 Å². The number of carbonyl (C=O) groups is 1. The lowest BCUT2D eigenvalue weighted by Crippen LogP contribution is -2.54. The Balaban J connectivity index is 1.87. The Hall–Kier alpha value is -4.18. The average Bonchev–Trinajstić information content (AvgIpc) is 3.44. The number of halogens is 6. The number of imidazole rings is 1. The Morgan fingerprint density at radius 1 is 1.13 bits per heavy atom. The average molecular weight is 544 g/mol. The van der Waals surface area contributed by atoms with E-state index in [-0.39, 0.29) is 22.7 Å². The van der Waals surface area contributed by atoms with Gasteiger partial charge in [-0.2, -0.15) is 31.4 Å². The largest absolute Gasteiger partial charge is 0.491 e. The van der Waals surface area contributed by atoms with Crippen LogP contribution in [0.25, 0.3) is 28.2 Å². The van der Waals surface area contributed by atoms with E-state index < -0.39 is 35.8 Å². The summed E-state index contributed by atoms with van der Waals surface area (Å²) in [6.07, 6.45) is -9.24. The van der Waals surface area contributed by atoms with Crippen LogP contribution in [-0.4, -0.2) is 59.0 Å². The normalized spacial score (nSPS) is 14.9. The highest BCUT2D eigenvalue weighted by molar-refractivity contribution is 5.76. The van der Waals surface area contributed by atoms with Gasteiger partial charge in [-0.1, -0.05) is 12.1 Å². The van der Waals surface area contributed by atoms with Gasteiger partial charge in [-0.3, -0.25) is 9.08 Å². The Morgan fingerprint density at radius 3 is 2.39 bits per heavy atom. The molecule has 2 unspecified atom stereocenters. The lowest BCUT2D eigenvalue weighted by Gasteiger charge is -2.34. The maximum atomic E-state index is 14.0. The molecular formula is C22H18F6N6O4. The molecule has 3 heterocycles. The predicted octanol–water partition coefficient (Wildman–Crippen LogP) is 2.86. The molecule has 0 amide bonds. The molecule has 0 aliphatic carbocycles. The summed E-state index contributed by atoms with van der Waals surface area (Å²) < 4.78 is 86.1. The van der Waals surface area contributed by atoms with Crippen molar-refractivity contribution in [3.63, 3.8) is 0 Å². The number of nitrogen functional groups attached to an aromatic ring is 1. The number of alkyl halides is 6. The molecule has 202 valence electrons. The van der Waals surface area contributed by atoms with E-state index in [1.54, 1.807) is 13.2 Å². The Labute approximate surface area is 208 Å². The van der Waals surface area contributed by atoms with Gasteiger partial charge in [0, 0.05) is 30.6 Å². The third-order valence-electron chi connectivity index (χ3n) is 5.71. The first kappa shape index (κ1) is 26.9. The first-order chi connectivity index (χ1) is 17.5. The highest BCUT2D eigenvalue weighted by atomic mass is 19.4. The first-order valence-corrected chi connectivity index (χ1v) is 10.5. The van der Waals surface area contributed by atoms with Gasteiger partial charge < -0.3 is 20.7 Å². The fraction of sp³-hybridized carbons (Fsp3) is 0.273. The van der Waals surface area contributed by atoms with Crippen LogP contribution in [0.1, 0.15) is 11.1 Å². The second-order valence-corrected chi connectivity index (χ2v) is 8.30. The van der Waals surface area contributed by atoms with Crippen LogP contribution in [0.5, 0.6) is 0 Å². The number of aromatic nitrogens is 5. The van der Waals surface area contributed by atoms with Crippen molar-refractivity contribution >= 4 is 17.4 Å². The SMILES string of the molecule is Cc1ccc(C(O)(C(O)OC(=O)C(F)(F)F)C(F)(F)F)cc1-c1cnc2c(N)nc(-c3cnn(C)c3)cn12. The van der Waals surface area contributed by atoms with Gasteiger partial charge in [0.25, 0.3) is 0 Å². The van der Waals surface area contributed by atoms with Crippen molar-refractivity contribution in [3.05, 3.63) is 54.1 Å². The van der Waals surface area contributed by atoms with Gasteiger partial charge in [-0.25, -0.2) is 14.8 Å². The van der Waals surface area contributed by atoms with E-state index >= 15 is 0 Å². The molecule has 38 heavy (non-hydrogen) atoms. The van der Waals surface area contributed by atoms with E-state index in [2.05, 4.69) is 19.8 Å². The van der Waals surface area contributed by atoms with Gasteiger partial charge in [0.15, 0.2) is 11.5 Å². The zero-order valence-corrected chi connectivity index (χ0v) is 19.4. The van der Waals surface area contributed by atoms with Gasteiger partial charge >= 0.3 is 18.3 Å². The van der Waals surface area contributed by atoms with Gasteiger partial charge in [-0.05, 0) is 24.1 Å². The zero-order chi connectivity index (χ0) is 28.2. The molecule has 0 aliphatic rings. The summed E-state index contributed by atoms with van der Waals surface area (Å²) in [7, 11) is 1.67. The number of fused-ring (bicyclic) bond motifs is 1. The third-order valence-corrected chi connectivity index (χ3v) is 5.71. The lowest BCUT2D eigenvalue weighted by molar-refractivity contribution is -0.340. The molecule has 0 radical (unpaired) electrons. The quantitative estimate of drug-likeness (QED) is 0.198. The van der Waals surface area contributed by atoms with E-state index in [0.29, 0.717) is 16.8 Å². The number of esters is 1. The number of rotatable bonds is 5. The zero-order valence-electron chi connectivity index (χ0n) is 19.4. The molecule has 0 aliphatic heterocycles. The molecule has 0 fully saturated rings. The number of hydrogen-bond donors (Lipinski definition) is 3. The summed E-state index contributed by atoms with van der Waals surface area (Å²) in [5.74, 6) is -3.14. The summed E-state index contributed by atoms with van der Waals surface area (Å²) in [5.41, 5.74) is 2.12. The van der Waals surface area contributed by atoms with E-state index in [0.717, 1.165) is 18.2 Å². The van der Waals surface area contributed by atoms with E-state index in [1.165, 1.54) is 34.6 Å². The number of carbonyl (C=O) groups excluding carboxylic acids is 1. The number of nitrogens with two attached hydrogens (primary N) is 1. The first-order valence-electron chi connectivity index (χ1n) is 10.5. The highest BCUT2D eigenvalue weighted by Crippen LogP contribution is 2.44. The molecule has 0 spiro atoms. The van der Waals surface area contributed by atoms with Crippen LogP contribution in [0, 0.1) is 6.92 Å². The van der Waals surface area contributed by atoms with Crippen molar-refractivity contribution in [2.24, 2.45) is 7.05 Å². The van der Waals surface area contributed by atoms with Crippen LogP contribution < -0.4 is 5.73 Å². The molecule has 4 rings (SSSR count). The van der Waals surface area contributed by atoms with Crippen molar-refractivity contribution in [2.45, 2.75) is 31.2 Å². The summed E-state index contributed by atoms with van der Waals surface area (Å²) in [4.78, 5) is 19.5. The van der Waals surface area contributed by atoms with Crippen LogP contribution in [-0.2, 0) is 22.2 Å². The fourth-order valence-corrected chi connectivity index (χ4v) is 3.74. The molecule has 4 N–H and O–H groups in total. The lowest BCUT2D eigenvalue weighted by atomic mass is 9.89. The molecule has 2 atom stereocenters. The minimum Gasteiger partial charge on any atom is -0.425 e. The second-order valence-electron chi connectivity index (χ2n) is 8.30. The molecular weight excluding hydrogens is 526 g/mol. The van der Waals surface area contributed by atoms with Crippen molar-refractivity contribution in [3.8, 4) is 22.5 Å². The molecule has 16 heteroatoms. The highest BCUT2D eigenvalue weighted by Gasteiger charge is 2.63. The minimum absolute atomic E-state index is 0.0207. The Bertz CT molecular complexity index is 1530.